The molecule has 3 N–H and O–H groups in total. The van der Waals surface area contributed by atoms with Crippen LogP contribution in [-0.4, -0.2) is 33.5 Å². The molecule has 1 amide bonds. The number of carboxylic acids is 1. The second kappa shape index (κ2) is 7.54. The maximum atomic E-state index is 12.0. The fourth-order valence-electron chi connectivity index (χ4n) is 2.21. The number of rotatable bonds is 6. The number of hydrogen-bond donors (Lipinski definition) is 3. The molecule has 126 valence electrons. The molecule has 0 saturated heterocycles. The number of nitrogens with one attached hydrogen (secondary N) is 2. The molecule has 0 bridgehead atoms. The Morgan fingerprint density at radius 2 is 1.88 bits per heavy atom. The molecule has 0 spiro atoms. The number of anilines is 2. The van der Waals surface area contributed by atoms with Crippen molar-refractivity contribution in [3.8, 4) is 0 Å². The van der Waals surface area contributed by atoms with Gasteiger partial charge in [0.25, 0.3) is 0 Å². The molecule has 0 atom stereocenters. The van der Waals surface area contributed by atoms with Gasteiger partial charge in [0, 0.05) is 24.3 Å². The molecule has 0 aliphatic carbocycles. The fraction of sp³-hybridized carbons (Fsp3) is 0.294. The summed E-state index contributed by atoms with van der Waals surface area (Å²) in [5.74, 6) is -1.05. The van der Waals surface area contributed by atoms with Crippen LogP contribution in [0.1, 0.15) is 33.7 Å². The number of carbonyl (C=O) groups excluding carboxylic acids is 1. The monoisotopic (exact) mass is 328 g/mol. The van der Waals surface area contributed by atoms with Gasteiger partial charge in [0.15, 0.2) is 5.69 Å². The van der Waals surface area contributed by atoms with E-state index in [1.165, 1.54) is 6.07 Å². The van der Waals surface area contributed by atoms with Crippen molar-refractivity contribution in [3.63, 3.8) is 0 Å². The summed E-state index contributed by atoms with van der Waals surface area (Å²) < 4.78 is 0. The molecule has 2 aromatic rings. The van der Waals surface area contributed by atoms with Gasteiger partial charge in [-0.25, -0.2) is 14.8 Å². The first kappa shape index (κ1) is 17.4. The third-order valence-electron chi connectivity index (χ3n) is 3.36. The molecule has 0 fully saturated rings. The quantitative estimate of drug-likeness (QED) is 0.753. The van der Waals surface area contributed by atoms with Crippen LogP contribution in [0.4, 0.5) is 11.6 Å². The topological polar surface area (TPSA) is 104 Å². The molecular formula is C17H20N4O3. The average Bonchev–Trinajstić information content (AvgIpc) is 2.49. The summed E-state index contributed by atoms with van der Waals surface area (Å²) in [6.07, 6.45) is 0.215. The smallest absolute Gasteiger partial charge is 0.354 e. The van der Waals surface area contributed by atoms with Crippen molar-refractivity contribution in [2.45, 2.75) is 27.2 Å². The highest BCUT2D eigenvalue weighted by molar-refractivity contribution is 5.91. The number of aryl methyl sites for hydroxylation is 3. The normalized spacial score (nSPS) is 10.3. The second-order valence-electron chi connectivity index (χ2n) is 5.57. The Bertz CT molecular complexity index is 774. The van der Waals surface area contributed by atoms with Crippen molar-refractivity contribution in [1.29, 1.82) is 0 Å². The van der Waals surface area contributed by atoms with Crippen LogP contribution in [-0.2, 0) is 4.79 Å². The van der Waals surface area contributed by atoms with Crippen LogP contribution in [0.3, 0.4) is 0 Å². The van der Waals surface area contributed by atoms with E-state index in [9.17, 15) is 9.59 Å². The number of aromatic nitrogens is 2. The van der Waals surface area contributed by atoms with Gasteiger partial charge in [0.2, 0.25) is 11.9 Å². The lowest BCUT2D eigenvalue weighted by Crippen LogP contribution is -2.18. The van der Waals surface area contributed by atoms with Crippen LogP contribution < -0.4 is 10.6 Å². The summed E-state index contributed by atoms with van der Waals surface area (Å²) in [4.78, 5) is 30.9. The SMILES string of the molecule is Cc1ccc(NC(=O)CCNc2nc(C)cc(C(=O)O)n2)c(C)c1. The summed E-state index contributed by atoms with van der Waals surface area (Å²) in [6, 6.07) is 7.20. The number of benzene rings is 1. The number of nitrogens with zero attached hydrogens (tertiary/aromatic N) is 2. The first-order valence-corrected chi connectivity index (χ1v) is 7.55. The molecule has 0 unspecified atom stereocenters. The van der Waals surface area contributed by atoms with Crippen LogP contribution in [0.25, 0.3) is 0 Å². The zero-order valence-electron chi connectivity index (χ0n) is 13.9. The van der Waals surface area contributed by atoms with Gasteiger partial charge in [-0.2, -0.15) is 0 Å². The van der Waals surface area contributed by atoms with Crippen molar-refractivity contribution in [3.05, 3.63) is 46.8 Å². The largest absolute Gasteiger partial charge is 0.477 e. The van der Waals surface area contributed by atoms with Gasteiger partial charge < -0.3 is 15.7 Å². The van der Waals surface area contributed by atoms with Crippen molar-refractivity contribution >= 4 is 23.5 Å². The number of carboxylic acid groups (broad SMARTS) is 1. The zero-order valence-corrected chi connectivity index (χ0v) is 13.9. The minimum absolute atomic E-state index is 0.0790. The molecule has 1 aromatic heterocycles. The first-order chi connectivity index (χ1) is 11.3. The summed E-state index contributed by atoms with van der Waals surface area (Å²) in [5.41, 5.74) is 3.39. The Balaban J connectivity index is 1.90. The van der Waals surface area contributed by atoms with Gasteiger partial charge in [-0.15, -0.1) is 0 Å². The second-order valence-corrected chi connectivity index (χ2v) is 5.57. The lowest BCUT2D eigenvalue weighted by Gasteiger charge is -2.10. The van der Waals surface area contributed by atoms with Gasteiger partial charge >= 0.3 is 5.97 Å². The van der Waals surface area contributed by atoms with Crippen LogP contribution in [0, 0.1) is 20.8 Å². The number of carbonyl (C=O) groups is 2. The summed E-state index contributed by atoms with van der Waals surface area (Å²) in [6.45, 7) is 5.93. The highest BCUT2D eigenvalue weighted by Gasteiger charge is 2.09. The molecular weight excluding hydrogens is 308 g/mol. The molecule has 1 aromatic carbocycles. The third-order valence-corrected chi connectivity index (χ3v) is 3.36. The van der Waals surface area contributed by atoms with E-state index >= 15 is 0 Å². The molecule has 0 radical (unpaired) electrons. The fourth-order valence-corrected chi connectivity index (χ4v) is 2.21. The number of amides is 1. The Hall–Kier alpha value is -2.96. The van der Waals surface area contributed by atoms with Gasteiger partial charge in [-0.3, -0.25) is 4.79 Å². The summed E-state index contributed by atoms with van der Waals surface area (Å²) in [5, 5.41) is 14.7. The van der Waals surface area contributed by atoms with E-state index in [2.05, 4.69) is 20.6 Å². The lowest BCUT2D eigenvalue weighted by molar-refractivity contribution is -0.115. The number of aromatic carboxylic acids is 1. The van der Waals surface area contributed by atoms with Gasteiger partial charge in [0.05, 0.1) is 0 Å². The zero-order chi connectivity index (χ0) is 17.7. The Kier molecular flexibility index (Phi) is 5.47. The Labute approximate surface area is 140 Å². The molecule has 24 heavy (non-hydrogen) atoms. The van der Waals surface area contributed by atoms with Crippen LogP contribution in [0.5, 0.6) is 0 Å². The molecule has 0 aliphatic rings. The predicted octanol–water partition coefficient (Wildman–Crippen LogP) is 2.54. The minimum Gasteiger partial charge on any atom is -0.477 e. The van der Waals surface area contributed by atoms with E-state index < -0.39 is 5.97 Å². The molecule has 0 aliphatic heterocycles. The van der Waals surface area contributed by atoms with Gasteiger partial charge in [0.1, 0.15) is 0 Å². The molecule has 7 nitrogen and oxygen atoms in total. The van der Waals surface area contributed by atoms with Gasteiger partial charge in [-0.05, 0) is 38.5 Å². The Morgan fingerprint density at radius 1 is 1.12 bits per heavy atom. The van der Waals surface area contributed by atoms with Crippen molar-refractivity contribution in [1.82, 2.24) is 9.97 Å². The maximum Gasteiger partial charge on any atom is 0.354 e. The minimum atomic E-state index is -1.11. The van der Waals surface area contributed by atoms with Crippen molar-refractivity contribution < 1.29 is 14.7 Å². The van der Waals surface area contributed by atoms with Crippen molar-refractivity contribution in [2.75, 3.05) is 17.2 Å². The highest BCUT2D eigenvalue weighted by Crippen LogP contribution is 2.16. The van der Waals surface area contributed by atoms with Gasteiger partial charge in [-0.1, -0.05) is 17.7 Å². The summed E-state index contributed by atoms with van der Waals surface area (Å²) >= 11 is 0. The molecule has 0 saturated carbocycles. The van der Waals surface area contributed by atoms with Crippen LogP contribution >= 0.6 is 0 Å². The van der Waals surface area contributed by atoms with E-state index in [0.717, 1.165) is 16.8 Å². The third kappa shape index (κ3) is 4.77. The lowest BCUT2D eigenvalue weighted by atomic mass is 10.1. The maximum absolute atomic E-state index is 12.0. The van der Waals surface area contributed by atoms with E-state index in [-0.39, 0.29) is 24.0 Å². The predicted molar refractivity (Wildman–Crippen MR) is 91.4 cm³/mol. The molecule has 7 heteroatoms. The van der Waals surface area contributed by atoms with Crippen molar-refractivity contribution in [2.24, 2.45) is 0 Å². The first-order valence-electron chi connectivity index (χ1n) is 7.55. The van der Waals surface area contributed by atoms with E-state index in [0.29, 0.717) is 12.2 Å². The Morgan fingerprint density at radius 3 is 2.54 bits per heavy atom. The highest BCUT2D eigenvalue weighted by atomic mass is 16.4. The van der Waals surface area contributed by atoms with E-state index in [1.54, 1.807) is 6.92 Å². The summed E-state index contributed by atoms with van der Waals surface area (Å²) in [7, 11) is 0. The van der Waals surface area contributed by atoms with E-state index in [4.69, 9.17) is 5.11 Å². The number of hydrogen-bond acceptors (Lipinski definition) is 5. The standard InChI is InChI=1S/C17H20N4O3/c1-10-4-5-13(11(2)8-10)20-15(22)6-7-18-17-19-12(3)9-14(21-17)16(23)24/h4-5,8-9H,6-7H2,1-3H3,(H,20,22)(H,23,24)(H,18,19,21). The molecule has 1 heterocycles. The van der Waals surface area contributed by atoms with Crippen LogP contribution in [0.2, 0.25) is 0 Å². The van der Waals surface area contributed by atoms with Crippen LogP contribution in [0.15, 0.2) is 24.3 Å². The average molecular weight is 328 g/mol. The van der Waals surface area contributed by atoms with E-state index in [1.807, 2.05) is 32.0 Å². The molecule has 2 rings (SSSR count).